The number of benzene rings is 2. The Labute approximate surface area is 231 Å². The Kier molecular flexibility index (Phi) is 17.5. The lowest BCUT2D eigenvalue weighted by Crippen LogP contribution is -2.53. The van der Waals surface area contributed by atoms with E-state index < -0.39 is 15.2 Å². The Morgan fingerprint density at radius 2 is 1.72 bits per heavy atom. The molecule has 0 fully saturated rings. The molecule has 202 valence electrons. The summed E-state index contributed by atoms with van der Waals surface area (Å²) in [6, 6.07) is 13.5. The molecule has 0 bridgehead atoms. The molecule has 4 N–H and O–H groups in total. The van der Waals surface area contributed by atoms with E-state index in [1.807, 2.05) is 52.0 Å². The first kappa shape index (κ1) is 34.2. The van der Waals surface area contributed by atoms with Gasteiger partial charge < -0.3 is 16.2 Å². The third-order valence-electron chi connectivity index (χ3n) is 5.06. The summed E-state index contributed by atoms with van der Waals surface area (Å²) >= 11 is 16.9. The fraction of sp³-hybridized carbons (Fsp3) is 0.464. The second kappa shape index (κ2) is 18.5. The van der Waals surface area contributed by atoms with Gasteiger partial charge in [0.2, 0.25) is 0 Å². The molecule has 0 heterocycles. The monoisotopic (exact) mass is 560 g/mol. The third kappa shape index (κ3) is 13.5. The van der Waals surface area contributed by atoms with Crippen molar-refractivity contribution in [2.75, 3.05) is 6.54 Å². The molecule has 4 nitrogen and oxygen atoms in total. The molecular formula is C28H40Cl3FN2O2. The van der Waals surface area contributed by atoms with E-state index in [2.05, 4.69) is 5.32 Å². The Balaban J connectivity index is 0.000000688. The van der Waals surface area contributed by atoms with E-state index in [1.54, 1.807) is 24.3 Å². The van der Waals surface area contributed by atoms with Gasteiger partial charge in [0.25, 0.3) is 9.70 Å². The van der Waals surface area contributed by atoms with Gasteiger partial charge in [0.15, 0.2) is 0 Å². The summed E-state index contributed by atoms with van der Waals surface area (Å²) in [6.45, 7) is 8.70. The number of phenols is 1. The molecule has 1 atom stereocenters. The Bertz CT molecular complexity index is 902. The average molecular weight is 562 g/mol. The number of rotatable bonds is 6. The van der Waals surface area contributed by atoms with Gasteiger partial charge in [0.05, 0.1) is 5.54 Å². The van der Waals surface area contributed by atoms with Gasteiger partial charge in [0.1, 0.15) is 11.6 Å². The van der Waals surface area contributed by atoms with Gasteiger partial charge >= 0.3 is 0 Å². The number of hydrogen-bond acceptors (Lipinski definition) is 3. The van der Waals surface area contributed by atoms with Crippen molar-refractivity contribution in [1.82, 2.24) is 5.32 Å². The minimum Gasteiger partial charge on any atom is -0.508 e. The van der Waals surface area contributed by atoms with Crippen LogP contribution in [0.2, 0.25) is 0 Å². The van der Waals surface area contributed by atoms with Gasteiger partial charge in [-0.3, -0.25) is 4.79 Å². The predicted octanol–water partition coefficient (Wildman–Crippen LogP) is 7.67. The minimum absolute atomic E-state index is 0.294. The highest BCUT2D eigenvalue weighted by molar-refractivity contribution is 6.76. The molecule has 2 aromatic rings. The molecule has 3 rings (SSSR count). The highest BCUT2D eigenvalue weighted by atomic mass is 35.6. The first-order chi connectivity index (χ1) is 17.1. The van der Waals surface area contributed by atoms with E-state index >= 15 is 0 Å². The van der Waals surface area contributed by atoms with Gasteiger partial charge in [-0.05, 0) is 80.5 Å². The molecule has 8 heteroatoms. The summed E-state index contributed by atoms with van der Waals surface area (Å²) in [5.41, 5.74) is 6.81. The number of nitrogens with one attached hydrogen (secondary N) is 1. The maximum atomic E-state index is 13.0. The summed E-state index contributed by atoms with van der Waals surface area (Å²) in [4.78, 5) is 12.0. The van der Waals surface area contributed by atoms with E-state index in [-0.39, 0.29) is 5.82 Å². The number of amides is 1. The molecule has 1 aliphatic rings. The van der Waals surface area contributed by atoms with Crippen molar-refractivity contribution in [3.05, 3.63) is 77.6 Å². The molecule has 36 heavy (non-hydrogen) atoms. The van der Waals surface area contributed by atoms with Crippen LogP contribution in [0, 0.1) is 5.82 Å². The number of allylic oxidation sites excluding steroid dienone is 1. The standard InChI is InChI=1S/C15H15Cl3FNO.C9H13NO.2C2H6/c16-15(17,18)13(21)20-14(8-2-1-3-9-14)10-11-4-6-12(19)7-5-11;10-6-2-4-8-3-1-5-9(11)7-8;2*1-2/h2,4-8H,1,3,9-10H2,(H,20,21);1,3,5,7,11H,2,4,6,10H2;2*1-2H3. The van der Waals surface area contributed by atoms with Gasteiger partial charge in [-0.1, -0.05) is 98.9 Å². The molecular weight excluding hydrogens is 522 g/mol. The number of aryl methyl sites for hydroxylation is 1. The second-order valence-electron chi connectivity index (χ2n) is 7.77. The van der Waals surface area contributed by atoms with Crippen LogP contribution >= 0.6 is 34.8 Å². The van der Waals surface area contributed by atoms with Crippen molar-refractivity contribution in [2.24, 2.45) is 5.73 Å². The van der Waals surface area contributed by atoms with Crippen molar-refractivity contribution in [2.45, 2.75) is 75.6 Å². The largest absolute Gasteiger partial charge is 0.508 e. The first-order valence-electron chi connectivity index (χ1n) is 12.4. The number of carbonyl (C=O) groups is 1. The van der Waals surface area contributed by atoms with E-state index in [9.17, 15) is 9.18 Å². The molecule has 2 aromatic carbocycles. The number of hydrogen-bond donors (Lipinski definition) is 3. The fourth-order valence-electron chi connectivity index (χ4n) is 3.50. The van der Waals surface area contributed by atoms with E-state index in [0.29, 0.717) is 18.7 Å². The normalized spacial score (nSPS) is 16.2. The molecule has 0 saturated carbocycles. The zero-order chi connectivity index (χ0) is 27.6. The quantitative estimate of drug-likeness (QED) is 0.250. The highest BCUT2D eigenvalue weighted by Gasteiger charge is 2.38. The molecule has 1 aliphatic carbocycles. The van der Waals surface area contributed by atoms with Crippen molar-refractivity contribution >= 4 is 40.7 Å². The maximum Gasteiger partial charge on any atom is 0.272 e. The van der Waals surface area contributed by atoms with Gasteiger partial charge in [0, 0.05) is 0 Å². The SMILES string of the molecule is CC.CC.NCCCc1cccc(O)c1.O=C(NC1(Cc2ccc(F)cc2)C=CCCC1)C(Cl)(Cl)Cl. The highest BCUT2D eigenvalue weighted by Crippen LogP contribution is 2.31. The molecule has 0 saturated heterocycles. The first-order valence-corrected chi connectivity index (χ1v) is 13.6. The van der Waals surface area contributed by atoms with Crippen LogP contribution in [0.5, 0.6) is 5.75 Å². The number of phenolic OH excluding ortho intramolecular Hbond substituents is 1. The lowest BCUT2D eigenvalue weighted by atomic mass is 9.82. The Hall–Kier alpha value is -1.79. The molecule has 0 aliphatic heterocycles. The number of halogens is 4. The van der Waals surface area contributed by atoms with Gasteiger partial charge in [-0.2, -0.15) is 0 Å². The lowest BCUT2D eigenvalue weighted by Gasteiger charge is -2.35. The fourth-order valence-corrected chi connectivity index (χ4v) is 3.65. The van der Waals surface area contributed by atoms with Crippen LogP contribution in [0.1, 0.15) is 64.5 Å². The van der Waals surface area contributed by atoms with E-state index in [0.717, 1.165) is 43.2 Å². The van der Waals surface area contributed by atoms with Gasteiger partial charge in [-0.15, -0.1) is 0 Å². The lowest BCUT2D eigenvalue weighted by molar-refractivity contribution is -0.121. The maximum absolute atomic E-state index is 13.0. The molecule has 1 unspecified atom stereocenters. The van der Waals surface area contributed by atoms with E-state index in [4.69, 9.17) is 45.6 Å². The minimum atomic E-state index is -2.00. The average Bonchev–Trinajstić information content (AvgIpc) is 2.87. The molecule has 0 radical (unpaired) electrons. The number of alkyl halides is 3. The smallest absolute Gasteiger partial charge is 0.272 e. The summed E-state index contributed by atoms with van der Waals surface area (Å²) in [6.07, 6.45) is 9.02. The van der Waals surface area contributed by atoms with Crippen molar-refractivity contribution < 1.29 is 14.3 Å². The van der Waals surface area contributed by atoms with Crippen LogP contribution in [0.25, 0.3) is 0 Å². The topological polar surface area (TPSA) is 75.3 Å². The Morgan fingerprint density at radius 3 is 2.22 bits per heavy atom. The second-order valence-corrected chi connectivity index (χ2v) is 10.0. The van der Waals surface area contributed by atoms with E-state index in [1.165, 1.54) is 12.1 Å². The van der Waals surface area contributed by atoms with Crippen LogP contribution in [-0.2, 0) is 17.6 Å². The predicted molar refractivity (Wildman–Crippen MR) is 152 cm³/mol. The number of aromatic hydroxyl groups is 1. The third-order valence-corrected chi connectivity index (χ3v) is 5.58. The summed E-state index contributed by atoms with van der Waals surface area (Å²) in [5, 5.41) is 11.9. The number of carbonyl (C=O) groups excluding carboxylic acids is 1. The molecule has 0 aromatic heterocycles. The Morgan fingerprint density at radius 1 is 1.08 bits per heavy atom. The summed E-state index contributed by atoms with van der Waals surface area (Å²) in [5.74, 6) is -0.613. The van der Waals surface area contributed by atoms with Crippen LogP contribution in [0.3, 0.4) is 0 Å². The summed E-state index contributed by atoms with van der Waals surface area (Å²) in [7, 11) is 0. The number of nitrogens with two attached hydrogens (primary N) is 1. The molecule has 1 amide bonds. The van der Waals surface area contributed by atoms with Crippen LogP contribution in [0.15, 0.2) is 60.7 Å². The van der Waals surface area contributed by atoms with Crippen molar-refractivity contribution in [3.63, 3.8) is 0 Å². The van der Waals surface area contributed by atoms with Crippen molar-refractivity contribution in [1.29, 1.82) is 0 Å². The zero-order valence-corrected chi connectivity index (χ0v) is 23.9. The van der Waals surface area contributed by atoms with Crippen molar-refractivity contribution in [3.8, 4) is 5.75 Å². The van der Waals surface area contributed by atoms with Gasteiger partial charge in [-0.25, -0.2) is 4.39 Å². The van der Waals surface area contributed by atoms with Crippen LogP contribution in [-0.4, -0.2) is 26.9 Å². The molecule has 0 spiro atoms. The summed E-state index contributed by atoms with van der Waals surface area (Å²) < 4.78 is 11.0. The van der Waals surface area contributed by atoms with Crippen LogP contribution < -0.4 is 11.1 Å². The van der Waals surface area contributed by atoms with Crippen LogP contribution in [0.4, 0.5) is 4.39 Å². The zero-order valence-electron chi connectivity index (χ0n) is 21.7.